The van der Waals surface area contributed by atoms with Crippen LogP contribution < -0.4 is 5.32 Å². The average molecular weight is 379 g/mol. The van der Waals surface area contributed by atoms with E-state index in [0.717, 1.165) is 15.2 Å². The summed E-state index contributed by atoms with van der Waals surface area (Å²) in [5.74, 6) is -0.147. The van der Waals surface area contributed by atoms with E-state index in [4.69, 9.17) is 11.6 Å². The van der Waals surface area contributed by atoms with Crippen molar-refractivity contribution in [2.45, 2.75) is 31.0 Å². The van der Waals surface area contributed by atoms with E-state index in [9.17, 15) is 4.79 Å². The fourth-order valence-corrected chi connectivity index (χ4v) is 4.38. The van der Waals surface area contributed by atoms with Crippen molar-refractivity contribution in [3.8, 4) is 0 Å². The van der Waals surface area contributed by atoms with Crippen LogP contribution in [0, 0.1) is 13.8 Å². The number of aromatic nitrogens is 3. The molecule has 0 spiro atoms. The lowest BCUT2D eigenvalue weighted by Crippen LogP contribution is -2.22. The first-order chi connectivity index (χ1) is 11.5. The number of anilines is 1. The number of nitrogens with zero attached hydrogens (tertiary/aromatic N) is 3. The first-order valence-electron chi connectivity index (χ1n) is 7.26. The minimum Gasteiger partial charge on any atom is -0.322 e. The molecule has 1 amide bonds. The number of fused-ring (bicyclic) bond motifs is 1. The zero-order chi connectivity index (χ0) is 17.3. The molecule has 3 aromatic rings. The SMILES string of the molecule is Cc1sc2ncnc(S[C@@H](C)C(=O)Nc3cccnc3Cl)c2c1C. The second-order valence-electron chi connectivity index (χ2n) is 5.23. The van der Waals surface area contributed by atoms with Crippen LogP contribution in [0.5, 0.6) is 0 Å². The molecule has 3 heterocycles. The van der Waals surface area contributed by atoms with Crippen LogP contribution in [-0.2, 0) is 4.79 Å². The molecule has 0 unspecified atom stereocenters. The molecule has 8 heteroatoms. The largest absolute Gasteiger partial charge is 0.322 e. The van der Waals surface area contributed by atoms with Crippen molar-refractivity contribution in [1.29, 1.82) is 0 Å². The summed E-state index contributed by atoms with van der Waals surface area (Å²) in [6.45, 7) is 5.96. The molecule has 0 fully saturated rings. The number of carbonyl (C=O) groups is 1. The van der Waals surface area contributed by atoms with Gasteiger partial charge in [-0.05, 0) is 38.5 Å². The summed E-state index contributed by atoms with van der Waals surface area (Å²) in [5, 5.41) is 4.60. The van der Waals surface area contributed by atoms with E-state index in [1.807, 2.05) is 6.92 Å². The highest BCUT2D eigenvalue weighted by atomic mass is 35.5. The number of hydrogen-bond acceptors (Lipinski definition) is 6. The quantitative estimate of drug-likeness (QED) is 0.412. The van der Waals surface area contributed by atoms with E-state index in [-0.39, 0.29) is 16.3 Å². The van der Waals surface area contributed by atoms with E-state index in [0.29, 0.717) is 5.69 Å². The Balaban J connectivity index is 1.81. The maximum absolute atomic E-state index is 12.4. The van der Waals surface area contributed by atoms with Crippen molar-refractivity contribution >= 4 is 56.5 Å². The van der Waals surface area contributed by atoms with Gasteiger partial charge in [-0.25, -0.2) is 15.0 Å². The van der Waals surface area contributed by atoms with E-state index >= 15 is 0 Å². The zero-order valence-corrected chi connectivity index (χ0v) is 15.7. The summed E-state index contributed by atoms with van der Waals surface area (Å²) in [6.07, 6.45) is 3.12. The number of aryl methyl sites for hydroxylation is 2. The number of rotatable bonds is 4. The lowest BCUT2D eigenvalue weighted by atomic mass is 10.2. The van der Waals surface area contributed by atoms with Crippen LogP contribution in [-0.4, -0.2) is 26.1 Å². The first-order valence-corrected chi connectivity index (χ1v) is 9.33. The Labute approximate surface area is 152 Å². The number of halogens is 1. The average Bonchev–Trinajstić information content (AvgIpc) is 2.85. The maximum atomic E-state index is 12.4. The Morgan fingerprint density at radius 1 is 1.33 bits per heavy atom. The van der Waals surface area contributed by atoms with E-state index in [1.165, 1.54) is 22.2 Å². The van der Waals surface area contributed by atoms with Crippen LogP contribution in [0.4, 0.5) is 5.69 Å². The number of pyridine rings is 1. The summed E-state index contributed by atoms with van der Waals surface area (Å²) in [6, 6.07) is 3.45. The molecule has 3 rings (SSSR count). The molecule has 0 bridgehead atoms. The fourth-order valence-electron chi connectivity index (χ4n) is 2.17. The smallest absolute Gasteiger partial charge is 0.237 e. The molecule has 0 saturated heterocycles. The van der Waals surface area contributed by atoms with Gasteiger partial charge in [-0.15, -0.1) is 11.3 Å². The predicted octanol–water partition coefficient (Wildman–Crippen LogP) is 4.48. The highest BCUT2D eigenvalue weighted by molar-refractivity contribution is 8.00. The van der Waals surface area contributed by atoms with Crippen molar-refractivity contribution in [3.63, 3.8) is 0 Å². The Morgan fingerprint density at radius 3 is 2.88 bits per heavy atom. The molecule has 24 heavy (non-hydrogen) atoms. The lowest BCUT2D eigenvalue weighted by molar-refractivity contribution is -0.115. The molecule has 0 aliphatic carbocycles. The monoisotopic (exact) mass is 378 g/mol. The van der Waals surface area contributed by atoms with Gasteiger partial charge in [-0.3, -0.25) is 4.79 Å². The van der Waals surface area contributed by atoms with Crippen LogP contribution >= 0.6 is 34.7 Å². The van der Waals surface area contributed by atoms with Gasteiger partial charge < -0.3 is 5.32 Å². The number of amides is 1. The summed E-state index contributed by atoms with van der Waals surface area (Å²) in [4.78, 5) is 27.2. The first kappa shape index (κ1) is 17.1. The lowest BCUT2D eigenvalue weighted by Gasteiger charge is -2.12. The van der Waals surface area contributed by atoms with Gasteiger partial charge in [0.05, 0.1) is 10.9 Å². The Kier molecular flexibility index (Phi) is 5.03. The molecule has 1 atom stereocenters. The van der Waals surface area contributed by atoms with Gasteiger partial charge in [0.25, 0.3) is 0 Å². The second-order valence-corrected chi connectivity index (χ2v) is 8.12. The van der Waals surface area contributed by atoms with Crippen molar-refractivity contribution in [2.75, 3.05) is 5.32 Å². The molecule has 0 saturated carbocycles. The molecule has 5 nitrogen and oxygen atoms in total. The standard InChI is InChI=1S/C16H15ClN4OS2/c1-8-9(2)23-15-12(8)16(20-7-19-15)24-10(3)14(22)21-11-5-4-6-18-13(11)17/h4-7,10H,1-3H3,(H,21,22)/t10-/m0/s1. The highest BCUT2D eigenvalue weighted by Gasteiger charge is 2.20. The minimum atomic E-state index is -0.334. The third-order valence-corrected chi connectivity index (χ3v) is 6.12. The number of nitrogens with one attached hydrogen (secondary N) is 1. The van der Waals surface area contributed by atoms with Crippen LogP contribution in [0.15, 0.2) is 29.7 Å². The molecule has 0 aliphatic heterocycles. The van der Waals surface area contributed by atoms with Crippen molar-refractivity contribution < 1.29 is 4.79 Å². The van der Waals surface area contributed by atoms with Crippen LogP contribution in [0.1, 0.15) is 17.4 Å². The van der Waals surface area contributed by atoms with Crippen LogP contribution in [0.3, 0.4) is 0 Å². The summed E-state index contributed by atoms with van der Waals surface area (Å²) < 4.78 is 0. The van der Waals surface area contributed by atoms with Gasteiger partial charge in [0.15, 0.2) is 5.15 Å². The summed E-state index contributed by atoms with van der Waals surface area (Å²) in [7, 11) is 0. The zero-order valence-electron chi connectivity index (χ0n) is 13.3. The normalized spacial score (nSPS) is 12.3. The van der Waals surface area contributed by atoms with Crippen LogP contribution in [0.2, 0.25) is 5.15 Å². The van der Waals surface area contributed by atoms with Crippen molar-refractivity contribution in [2.24, 2.45) is 0 Å². The van der Waals surface area contributed by atoms with Crippen molar-refractivity contribution in [3.05, 3.63) is 40.3 Å². The Hall–Kier alpha value is -1.70. The number of thiophene rings is 1. The van der Waals surface area contributed by atoms with E-state index in [2.05, 4.69) is 34.1 Å². The molecule has 1 N–H and O–H groups in total. The number of carbonyl (C=O) groups excluding carboxylic acids is 1. The summed E-state index contributed by atoms with van der Waals surface area (Å²) >= 11 is 9.04. The van der Waals surface area contributed by atoms with Gasteiger partial charge in [0.1, 0.15) is 16.2 Å². The third kappa shape index (κ3) is 3.38. The van der Waals surface area contributed by atoms with E-state index < -0.39 is 0 Å². The topological polar surface area (TPSA) is 67.8 Å². The second kappa shape index (κ2) is 7.04. The Morgan fingerprint density at radius 2 is 2.12 bits per heavy atom. The molecular formula is C16H15ClN4OS2. The van der Waals surface area contributed by atoms with Gasteiger partial charge in [0.2, 0.25) is 5.91 Å². The highest BCUT2D eigenvalue weighted by Crippen LogP contribution is 2.36. The van der Waals surface area contributed by atoms with Gasteiger partial charge >= 0.3 is 0 Å². The third-order valence-electron chi connectivity index (χ3n) is 3.61. The van der Waals surface area contributed by atoms with E-state index in [1.54, 1.807) is 36.0 Å². The molecule has 3 aromatic heterocycles. The van der Waals surface area contributed by atoms with Gasteiger partial charge in [-0.1, -0.05) is 23.4 Å². The number of hydrogen-bond donors (Lipinski definition) is 1. The van der Waals surface area contributed by atoms with Crippen molar-refractivity contribution in [1.82, 2.24) is 15.0 Å². The number of thioether (sulfide) groups is 1. The fraction of sp³-hybridized carbons (Fsp3) is 0.250. The maximum Gasteiger partial charge on any atom is 0.237 e. The summed E-state index contributed by atoms with van der Waals surface area (Å²) in [5.41, 5.74) is 1.67. The molecular weight excluding hydrogens is 364 g/mol. The Bertz CT molecular complexity index is 912. The van der Waals surface area contributed by atoms with Crippen LogP contribution in [0.25, 0.3) is 10.2 Å². The van der Waals surface area contributed by atoms with Gasteiger partial charge in [-0.2, -0.15) is 0 Å². The van der Waals surface area contributed by atoms with Gasteiger partial charge in [0, 0.05) is 16.5 Å². The molecule has 124 valence electrons. The minimum absolute atomic E-state index is 0.147. The predicted molar refractivity (Wildman–Crippen MR) is 100 cm³/mol. The molecule has 0 aliphatic rings. The molecule has 0 radical (unpaired) electrons. The molecule has 0 aromatic carbocycles.